The second-order valence-corrected chi connectivity index (χ2v) is 5.57. The minimum atomic E-state index is -0.459. The smallest absolute Gasteiger partial charge is 0.167 e. The lowest BCUT2D eigenvalue weighted by Crippen LogP contribution is -2.02. The highest BCUT2D eigenvalue weighted by Gasteiger charge is 2.08. The highest BCUT2D eigenvalue weighted by atomic mass is 79.9. The zero-order valence-electron chi connectivity index (χ0n) is 9.67. The molecule has 1 aromatic carbocycles. The van der Waals surface area contributed by atoms with Gasteiger partial charge in [0.05, 0.1) is 18.5 Å². The fourth-order valence-corrected chi connectivity index (χ4v) is 2.90. The predicted octanol–water partition coefficient (Wildman–Crippen LogP) is 3.85. The predicted molar refractivity (Wildman–Crippen MR) is 76.7 cm³/mol. The zero-order valence-corrected chi connectivity index (χ0v) is 12.1. The Labute approximate surface area is 117 Å². The number of methoxy groups -OCH3 is 1. The maximum absolute atomic E-state index is 13.4. The molecule has 0 aliphatic carbocycles. The van der Waals surface area contributed by atoms with Crippen molar-refractivity contribution in [2.24, 2.45) is 0 Å². The normalized spacial score (nSPS) is 10.4. The number of hydrogen-bond acceptors (Lipinski definition) is 4. The van der Waals surface area contributed by atoms with Gasteiger partial charge >= 0.3 is 0 Å². The van der Waals surface area contributed by atoms with E-state index < -0.39 is 5.82 Å². The van der Waals surface area contributed by atoms with E-state index in [0.717, 1.165) is 9.35 Å². The number of ether oxygens (including phenoxy) is 1. The van der Waals surface area contributed by atoms with Crippen molar-refractivity contribution < 1.29 is 9.13 Å². The fourth-order valence-electron chi connectivity index (χ4n) is 1.51. The molecular formula is C12H12BrFN2OS. The number of rotatable bonds is 4. The molecule has 0 saturated carbocycles. The van der Waals surface area contributed by atoms with Gasteiger partial charge in [0.1, 0.15) is 0 Å². The number of anilines is 2. The van der Waals surface area contributed by atoms with Gasteiger partial charge in [-0.05, 0) is 22.0 Å². The first-order chi connectivity index (χ1) is 8.60. The topological polar surface area (TPSA) is 47.3 Å². The molecule has 3 nitrogen and oxygen atoms in total. The van der Waals surface area contributed by atoms with Crippen molar-refractivity contribution in [1.82, 2.24) is 0 Å². The van der Waals surface area contributed by atoms with Crippen LogP contribution in [0, 0.1) is 5.82 Å². The molecule has 2 rings (SSSR count). The van der Waals surface area contributed by atoms with Gasteiger partial charge in [-0.3, -0.25) is 0 Å². The van der Waals surface area contributed by atoms with Crippen LogP contribution in [0.15, 0.2) is 28.1 Å². The zero-order chi connectivity index (χ0) is 13.1. The number of nitrogen functional groups attached to an aromatic ring is 1. The summed E-state index contributed by atoms with van der Waals surface area (Å²) in [4.78, 5) is 1.16. The Kier molecular flexibility index (Phi) is 4.08. The summed E-state index contributed by atoms with van der Waals surface area (Å²) < 4.78 is 19.3. The Hall–Kier alpha value is -1.27. The molecule has 0 amide bonds. The van der Waals surface area contributed by atoms with Crippen molar-refractivity contribution in [1.29, 1.82) is 0 Å². The third-order valence-electron chi connectivity index (χ3n) is 2.40. The number of halogens is 2. The molecule has 0 saturated heterocycles. The van der Waals surface area contributed by atoms with Crippen LogP contribution in [-0.4, -0.2) is 7.11 Å². The fraction of sp³-hybridized carbons (Fsp3) is 0.167. The Morgan fingerprint density at radius 1 is 1.44 bits per heavy atom. The lowest BCUT2D eigenvalue weighted by molar-refractivity contribution is 0.387. The van der Waals surface area contributed by atoms with Crippen molar-refractivity contribution in [2.75, 3.05) is 18.2 Å². The Bertz CT molecular complexity index is 559. The number of benzene rings is 1. The van der Waals surface area contributed by atoms with Crippen LogP contribution in [0.2, 0.25) is 0 Å². The second-order valence-electron chi connectivity index (χ2n) is 3.66. The Balaban J connectivity index is 2.13. The minimum Gasteiger partial charge on any atom is -0.494 e. The molecule has 96 valence electrons. The molecular weight excluding hydrogens is 319 g/mol. The van der Waals surface area contributed by atoms with Gasteiger partial charge in [-0.2, -0.15) is 0 Å². The Morgan fingerprint density at radius 3 is 2.83 bits per heavy atom. The molecule has 0 atom stereocenters. The number of nitrogens with two attached hydrogens (primary N) is 1. The van der Waals surface area contributed by atoms with Crippen LogP contribution >= 0.6 is 27.3 Å². The van der Waals surface area contributed by atoms with Crippen LogP contribution in [0.5, 0.6) is 5.75 Å². The van der Waals surface area contributed by atoms with E-state index in [0.29, 0.717) is 17.9 Å². The summed E-state index contributed by atoms with van der Waals surface area (Å²) in [6, 6.07) is 4.84. The van der Waals surface area contributed by atoms with Gasteiger partial charge < -0.3 is 15.8 Å². The molecule has 0 bridgehead atoms. The van der Waals surface area contributed by atoms with E-state index in [4.69, 9.17) is 10.5 Å². The molecule has 1 aromatic heterocycles. The summed E-state index contributed by atoms with van der Waals surface area (Å²) in [5.74, 6) is -0.279. The van der Waals surface area contributed by atoms with Crippen molar-refractivity contribution in [3.63, 3.8) is 0 Å². The largest absolute Gasteiger partial charge is 0.494 e. The summed E-state index contributed by atoms with van der Waals surface area (Å²) in [6.07, 6.45) is 0. The maximum Gasteiger partial charge on any atom is 0.167 e. The van der Waals surface area contributed by atoms with Crippen LogP contribution in [0.4, 0.5) is 15.8 Å². The van der Waals surface area contributed by atoms with Gasteiger partial charge in [-0.1, -0.05) is 0 Å². The summed E-state index contributed by atoms with van der Waals surface area (Å²) in [5, 5.41) is 5.17. The molecule has 0 aliphatic heterocycles. The first-order valence-corrected chi connectivity index (χ1v) is 6.87. The second kappa shape index (κ2) is 5.58. The van der Waals surface area contributed by atoms with E-state index >= 15 is 0 Å². The van der Waals surface area contributed by atoms with Gasteiger partial charge in [-0.25, -0.2) is 4.39 Å². The molecule has 0 aliphatic rings. The molecule has 1 heterocycles. The van der Waals surface area contributed by atoms with Gasteiger partial charge in [0.25, 0.3) is 0 Å². The van der Waals surface area contributed by atoms with Gasteiger partial charge in [0, 0.05) is 33.4 Å². The first kappa shape index (κ1) is 13.2. The lowest BCUT2D eigenvalue weighted by atomic mass is 10.2. The standard InChI is InChI=1S/C12H12BrFN2OS/c1-17-12-4-11(10(15)3-9(12)14)16-5-8-2-7(13)6-18-8/h2-4,6,16H,5,15H2,1H3. The van der Waals surface area contributed by atoms with Crippen LogP contribution in [-0.2, 0) is 6.54 Å². The minimum absolute atomic E-state index is 0.180. The molecule has 0 unspecified atom stereocenters. The van der Waals surface area contributed by atoms with Crippen molar-refractivity contribution in [3.8, 4) is 5.75 Å². The van der Waals surface area contributed by atoms with E-state index in [1.807, 2.05) is 11.4 Å². The maximum atomic E-state index is 13.4. The van der Waals surface area contributed by atoms with E-state index in [1.165, 1.54) is 13.2 Å². The number of thiophene rings is 1. The van der Waals surface area contributed by atoms with Crippen molar-refractivity contribution in [3.05, 3.63) is 38.7 Å². The molecule has 2 aromatic rings. The first-order valence-electron chi connectivity index (χ1n) is 5.20. The van der Waals surface area contributed by atoms with Gasteiger partial charge in [0.15, 0.2) is 11.6 Å². The molecule has 0 radical (unpaired) electrons. The molecule has 3 N–H and O–H groups in total. The SMILES string of the molecule is COc1cc(NCc2cc(Br)cs2)c(N)cc1F. The average Bonchev–Trinajstić information content (AvgIpc) is 2.74. The summed E-state index contributed by atoms with van der Waals surface area (Å²) in [7, 11) is 1.43. The van der Waals surface area contributed by atoms with Crippen molar-refractivity contribution >= 4 is 38.6 Å². The van der Waals surface area contributed by atoms with Crippen LogP contribution in [0.3, 0.4) is 0 Å². The third kappa shape index (κ3) is 2.94. The van der Waals surface area contributed by atoms with Gasteiger partial charge in [-0.15, -0.1) is 11.3 Å². The van der Waals surface area contributed by atoms with Crippen molar-refractivity contribution in [2.45, 2.75) is 6.54 Å². The van der Waals surface area contributed by atoms with Crippen LogP contribution in [0.1, 0.15) is 4.88 Å². The monoisotopic (exact) mass is 330 g/mol. The molecule has 0 spiro atoms. The van der Waals surface area contributed by atoms with Crippen LogP contribution < -0.4 is 15.8 Å². The number of nitrogens with one attached hydrogen (secondary N) is 1. The van der Waals surface area contributed by atoms with Crippen LogP contribution in [0.25, 0.3) is 0 Å². The highest BCUT2D eigenvalue weighted by Crippen LogP contribution is 2.29. The average molecular weight is 331 g/mol. The summed E-state index contributed by atoms with van der Waals surface area (Å²) >= 11 is 5.03. The number of hydrogen-bond donors (Lipinski definition) is 2. The lowest BCUT2D eigenvalue weighted by Gasteiger charge is -2.11. The summed E-state index contributed by atoms with van der Waals surface area (Å²) in [5.41, 5.74) is 6.78. The Morgan fingerprint density at radius 2 is 2.22 bits per heavy atom. The quantitative estimate of drug-likeness (QED) is 0.837. The third-order valence-corrected chi connectivity index (χ3v) is 4.10. The molecule has 0 fully saturated rings. The highest BCUT2D eigenvalue weighted by molar-refractivity contribution is 9.10. The molecule has 6 heteroatoms. The van der Waals surface area contributed by atoms with E-state index in [1.54, 1.807) is 17.4 Å². The van der Waals surface area contributed by atoms with Gasteiger partial charge in [0.2, 0.25) is 0 Å². The molecule has 18 heavy (non-hydrogen) atoms. The van der Waals surface area contributed by atoms with E-state index in [2.05, 4.69) is 21.2 Å². The van der Waals surface area contributed by atoms with E-state index in [-0.39, 0.29) is 5.75 Å². The summed E-state index contributed by atoms with van der Waals surface area (Å²) in [6.45, 7) is 0.634. The van der Waals surface area contributed by atoms with E-state index in [9.17, 15) is 4.39 Å².